The summed E-state index contributed by atoms with van der Waals surface area (Å²) < 4.78 is 0.872. The van der Waals surface area contributed by atoms with Gasteiger partial charge in [-0.3, -0.25) is 4.98 Å². The van der Waals surface area contributed by atoms with Gasteiger partial charge >= 0.3 is 0 Å². The smallest absolute Gasteiger partial charge is 0.139 e. The molecule has 0 saturated heterocycles. The molecule has 2 rings (SSSR count). The summed E-state index contributed by atoms with van der Waals surface area (Å²) >= 11 is 3.35. The van der Waals surface area contributed by atoms with Gasteiger partial charge in [-0.1, -0.05) is 20.8 Å². The SMILES string of the molecule is CC(C)(C)C(O)(c1cncnc1)c1ccc(Br)cn1. The van der Waals surface area contributed by atoms with Crippen LogP contribution in [0.5, 0.6) is 0 Å². The van der Waals surface area contributed by atoms with Gasteiger partial charge in [0.25, 0.3) is 0 Å². The fourth-order valence-electron chi connectivity index (χ4n) is 2.04. The third-order valence-electron chi connectivity index (χ3n) is 3.16. The number of aliphatic hydroxyl groups is 1. The third kappa shape index (κ3) is 2.53. The van der Waals surface area contributed by atoms with E-state index in [9.17, 15) is 5.11 Å². The van der Waals surface area contributed by atoms with Crippen LogP contribution in [0.1, 0.15) is 32.0 Å². The molecule has 0 saturated carbocycles. The number of rotatable bonds is 2. The number of pyridine rings is 1. The summed E-state index contributed by atoms with van der Waals surface area (Å²) in [6, 6.07) is 3.67. The second-order valence-corrected chi connectivity index (χ2v) is 6.36. The lowest BCUT2D eigenvalue weighted by molar-refractivity contribution is -0.0301. The molecule has 1 N–H and O–H groups in total. The minimum atomic E-state index is -1.24. The highest BCUT2D eigenvalue weighted by Gasteiger charge is 2.45. The minimum Gasteiger partial charge on any atom is -0.378 e. The molecular weight excluding hydrogens is 306 g/mol. The fourth-order valence-corrected chi connectivity index (χ4v) is 2.28. The molecule has 4 nitrogen and oxygen atoms in total. The van der Waals surface area contributed by atoms with E-state index in [4.69, 9.17) is 0 Å². The molecule has 2 aromatic heterocycles. The molecule has 19 heavy (non-hydrogen) atoms. The van der Waals surface area contributed by atoms with Gasteiger partial charge < -0.3 is 5.11 Å². The molecule has 0 amide bonds. The summed E-state index contributed by atoms with van der Waals surface area (Å²) in [6.07, 6.45) is 6.38. The van der Waals surface area contributed by atoms with Crippen LogP contribution in [0, 0.1) is 5.41 Å². The number of hydrogen-bond donors (Lipinski definition) is 1. The molecule has 0 bridgehead atoms. The Morgan fingerprint density at radius 1 is 1.05 bits per heavy atom. The zero-order valence-electron chi connectivity index (χ0n) is 11.1. The second-order valence-electron chi connectivity index (χ2n) is 5.45. The van der Waals surface area contributed by atoms with Gasteiger partial charge in [0, 0.05) is 34.0 Å². The van der Waals surface area contributed by atoms with Crippen LogP contribution in [0.15, 0.2) is 41.5 Å². The zero-order valence-corrected chi connectivity index (χ0v) is 12.7. The Hall–Kier alpha value is -1.33. The number of halogens is 1. The quantitative estimate of drug-likeness (QED) is 0.923. The maximum Gasteiger partial charge on any atom is 0.139 e. The summed E-state index contributed by atoms with van der Waals surface area (Å²) in [4.78, 5) is 12.3. The van der Waals surface area contributed by atoms with Gasteiger partial charge in [-0.05, 0) is 28.1 Å². The Morgan fingerprint density at radius 2 is 1.68 bits per heavy atom. The van der Waals surface area contributed by atoms with E-state index in [2.05, 4.69) is 30.9 Å². The molecule has 1 atom stereocenters. The molecule has 0 aliphatic heterocycles. The predicted octanol–water partition coefficient (Wildman–Crippen LogP) is 2.92. The van der Waals surface area contributed by atoms with Gasteiger partial charge in [-0.15, -0.1) is 0 Å². The van der Waals surface area contributed by atoms with E-state index in [1.54, 1.807) is 18.6 Å². The van der Waals surface area contributed by atoms with Crippen molar-refractivity contribution in [2.45, 2.75) is 26.4 Å². The van der Waals surface area contributed by atoms with E-state index < -0.39 is 11.0 Å². The Morgan fingerprint density at radius 3 is 2.16 bits per heavy atom. The van der Waals surface area contributed by atoms with E-state index in [1.165, 1.54) is 6.33 Å². The summed E-state index contributed by atoms with van der Waals surface area (Å²) in [7, 11) is 0. The summed E-state index contributed by atoms with van der Waals surface area (Å²) in [5.74, 6) is 0. The van der Waals surface area contributed by atoms with Crippen LogP contribution in [-0.4, -0.2) is 20.1 Å². The molecule has 2 aromatic rings. The van der Waals surface area contributed by atoms with E-state index in [0.717, 1.165) is 4.47 Å². The first-order chi connectivity index (χ1) is 8.85. The van der Waals surface area contributed by atoms with Crippen molar-refractivity contribution in [2.24, 2.45) is 5.41 Å². The summed E-state index contributed by atoms with van der Waals surface area (Å²) in [5, 5.41) is 11.2. The van der Waals surface area contributed by atoms with Crippen molar-refractivity contribution in [3.8, 4) is 0 Å². The maximum atomic E-state index is 11.2. The first kappa shape index (κ1) is 14.1. The lowest BCUT2D eigenvalue weighted by Crippen LogP contribution is -2.42. The topological polar surface area (TPSA) is 58.9 Å². The number of nitrogens with zero attached hydrogens (tertiary/aromatic N) is 3. The maximum absolute atomic E-state index is 11.2. The van der Waals surface area contributed by atoms with Crippen molar-refractivity contribution in [1.82, 2.24) is 15.0 Å². The van der Waals surface area contributed by atoms with E-state index in [1.807, 2.05) is 32.9 Å². The van der Waals surface area contributed by atoms with Crippen LogP contribution >= 0.6 is 15.9 Å². The van der Waals surface area contributed by atoms with Crippen molar-refractivity contribution < 1.29 is 5.11 Å². The summed E-state index contributed by atoms with van der Waals surface area (Å²) in [5.41, 5.74) is -0.469. The molecule has 2 heterocycles. The van der Waals surface area contributed by atoms with E-state index >= 15 is 0 Å². The minimum absolute atomic E-state index is 0.446. The van der Waals surface area contributed by atoms with Crippen LogP contribution in [0.2, 0.25) is 0 Å². The van der Waals surface area contributed by atoms with Crippen molar-refractivity contribution in [1.29, 1.82) is 0 Å². The van der Waals surface area contributed by atoms with Crippen molar-refractivity contribution in [3.63, 3.8) is 0 Å². The van der Waals surface area contributed by atoms with Crippen molar-refractivity contribution in [2.75, 3.05) is 0 Å². The monoisotopic (exact) mass is 321 g/mol. The Balaban J connectivity index is 2.63. The highest BCUT2D eigenvalue weighted by molar-refractivity contribution is 9.10. The Bertz CT molecular complexity index is 551. The number of hydrogen-bond acceptors (Lipinski definition) is 4. The van der Waals surface area contributed by atoms with Gasteiger partial charge in [-0.2, -0.15) is 0 Å². The van der Waals surface area contributed by atoms with Gasteiger partial charge in [0.15, 0.2) is 0 Å². The van der Waals surface area contributed by atoms with Crippen LogP contribution in [0.4, 0.5) is 0 Å². The number of aromatic nitrogens is 3. The summed E-state index contributed by atoms with van der Waals surface area (Å²) in [6.45, 7) is 5.89. The lowest BCUT2D eigenvalue weighted by Gasteiger charge is -2.39. The molecule has 0 fully saturated rings. The van der Waals surface area contributed by atoms with Gasteiger partial charge in [0.1, 0.15) is 11.9 Å². The van der Waals surface area contributed by atoms with Crippen molar-refractivity contribution in [3.05, 3.63) is 52.8 Å². The molecule has 0 spiro atoms. The highest BCUT2D eigenvalue weighted by atomic mass is 79.9. The van der Waals surface area contributed by atoms with Crippen LogP contribution in [-0.2, 0) is 5.60 Å². The Kier molecular flexibility index (Phi) is 3.69. The predicted molar refractivity (Wildman–Crippen MR) is 76.4 cm³/mol. The fraction of sp³-hybridized carbons (Fsp3) is 0.357. The van der Waals surface area contributed by atoms with Gasteiger partial charge in [0.2, 0.25) is 0 Å². The standard InChI is InChI=1S/C14H16BrN3O/c1-13(2,3)14(19,10-6-16-9-17-7-10)12-5-4-11(15)8-18-12/h4-9,19H,1-3H3. The molecule has 1 unspecified atom stereocenters. The molecule has 0 aliphatic rings. The van der Waals surface area contributed by atoms with E-state index in [-0.39, 0.29) is 0 Å². The molecule has 0 radical (unpaired) electrons. The Labute approximate surface area is 121 Å². The van der Waals surface area contributed by atoms with Crippen LogP contribution < -0.4 is 0 Å². The average Bonchev–Trinajstić information content (AvgIpc) is 2.38. The van der Waals surface area contributed by atoms with Gasteiger partial charge in [0.05, 0.1) is 5.69 Å². The first-order valence-electron chi connectivity index (χ1n) is 5.95. The third-order valence-corrected chi connectivity index (χ3v) is 3.63. The molecule has 0 aromatic carbocycles. The lowest BCUT2D eigenvalue weighted by atomic mass is 9.71. The van der Waals surface area contributed by atoms with Crippen LogP contribution in [0.3, 0.4) is 0 Å². The second kappa shape index (κ2) is 4.98. The molecular formula is C14H16BrN3O. The largest absolute Gasteiger partial charge is 0.378 e. The van der Waals surface area contributed by atoms with Crippen LogP contribution in [0.25, 0.3) is 0 Å². The van der Waals surface area contributed by atoms with Gasteiger partial charge in [-0.25, -0.2) is 9.97 Å². The molecule has 100 valence electrons. The highest BCUT2D eigenvalue weighted by Crippen LogP contribution is 2.43. The molecule has 5 heteroatoms. The van der Waals surface area contributed by atoms with Crippen molar-refractivity contribution >= 4 is 15.9 Å². The first-order valence-corrected chi connectivity index (χ1v) is 6.75. The average molecular weight is 322 g/mol. The normalized spacial score (nSPS) is 15.0. The van der Waals surface area contributed by atoms with E-state index in [0.29, 0.717) is 11.3 Å². The zero-order chi connectivity index (χ0) is 14.1. The molecule has 0 aliphatic carbocycles.